The molecule has 0 radical (unpaired) electrons. The molecule has 1 saturated carbocycles. The van der Waals surface area contributed by atoms with Crippen LogP contribution < -0.4 is 5.32 Å². The third-order valence-electron chi connectivity index (χ3n) is 2.80. The predicted octanol–water partition coefficient (Wildman–Crippen LogP) is 2.97. The molecule has 2 heterocycles. The number of aromatic nitrogens is 2. The van der Waals surface area contributed by atoms with Crippen LogP contribution in [0.3, 0.4) is 0 Å². The molecule has 2 aromatic heterocycles. The number of amides is 1. The molecule has 2 N–H and O–H groups in total. The average Bonchev–Trinajstić information content (AvgIpc) is 2.99. The lowest BCUT2D eigenvalue weighted by Crippen LogP contribution is -2.09. The van der Waals surface area contributed by atoms with Crippen molar-refractivity contribution in [3.05, 3.63) is 16.8 Å². The topological polar surface area (TPSA) is 75.1 Å². The summed E-state index contributed by atoms with van der Waals surface area (Å²) in [7, 11) is 0. The van der Waals surface area contributed by atoms with Gasteiger partial charge in [-0.15, -0.1) is 0 Å². The number of fused-ring (bicyclic) bond motifs is 1. The number of hydrogen-bond donors (Lipinski definition) is 2. The zero-order valence-electron chi connectivity index (χ0n) is 9.23. The van der Waals surface area contributed by atoms with Crippen LogP contribution in [-0.4, -0.2) is 21.2 Å². The van der Waals surface area contributed by atoms with Gasteiger partial charge in [0.25, 0.3) is 0 Å². The summed E-state index contributed by atoms with van der Waals surface area (Å²) in [6, 6.07) is 0. The first-order chi connectivity index (χ1) is 8.15. The lowest BCUT2D eigenvalue weighted by molar-refractivity contribution is 0.209. The van der Waals surface area contributed by atoms with Crippen LogP contribution in [0.15, 0.2) is 6.20 Å². The molecule has 6 heteroatoms. The normalized spacial score (nSPS) is 15.1. The largest absolute Gasteiger partial charge is 0.465 e. The van der Waals surface area contributed by atoms with E-state index in [9.17, 15) is 4.79 Å². The van der Waals surface area contributed by atoms with E-state index in [4.69, 9.17) is 5.11 Å². The zero-order valence-corrected chi connectivity index (χ0v) is 10.0. The van der Waals surface area contributed by atoms with E-state index in [0.29, 0.717) is 11.6 Å². The maximum atomic E-state index is 10.7. The van der Waals surface area contributed by atoms with Crippen LogP contribution in [0, 0.1) is 6.92 Å². The minimum Gasteiger partial charge on any atom is -0.465 e. The fourth-order valence-electron chi connectivity index (χ4n) is 2.00. The van der Waals surface area contributed by atoms with Gasteiger partial charge in [-0.3, -0.25) is 5.32 Å². The number of thiazole rings is 1. The minimum atomic E-state index is -1.06. The van der Waals surface area contributed by atoms with Crippen LogP contribution in [0.25, 0.3) is 10.3 Å². The van der Waals surface area contributed by atoms with Crippen molar-refractivity contribution in [2.24, 2.45) is 0 Å². The molecule has 0 saturated heterocycles. The third-order valence-corrected chi connectivity index (χ3v) is 3.68. The molecule has 2 aromatic rings. The van der Waals surface area contributed by atoms with Gasteiger partial charge in [-0.05, 0) is 25.7 Å². The number of nitrogens with one attached hydrogen (secondary N) is 1. The van der Waals surface area contributed by atoms with Gasteiger partial charge in [-0.2, -0.15) is 0 Å². The van der Waals surface area contributed by atoms with Gasteiger partial charge in [0.1, 0.15) is 10.3 Å². The SMILES string of the molecule is Cc1nc2c(C3CC3)c(NC(=O)O)cnc2s1. The highest BCUT2D eigenvalue weighted by molar-refractivity contribution is 7.18. The molecule has 3 rings (SSSR count). The smallest absolute Gasteiger partial charge is 0.409 e. The molecule has 0 aliphatic heterocycles. The number of aryl methyl sites for hydroxylation is 1. The van der Waals surface area contributed by atoms with Gasteiger partial charge in [-0.1, -0.05) is 11.3 Å². The van der Waals surface area contributed by atoms with Crippen LogP contribution in [0.2, 0.25) is 0 Å². The van der Waals surface area contributed by atoms with E-state index in [1.807, 2.05) is 6.92 Å². The summed E-state index contributed by atoms with van der Waals surface area (Å²) < 4.78 is 0. The van der Waals surface area contributed by atoms with E-state index in [1.165, 1.54) is 0 Å². The maximum absolute atomic E-state index is 10.7. The van der Waals surface area contributed by atoms with Crippen molar-refractivity contribution in [1.29, 1.82) is 0 Å². The predicted molar refractivity (Wildman–Crippen MR) is 65.8 cm³/mol. The van der Waals surface area contributed by atoms with E-state index in [-0.39, 0.29) is 0 Å². The lowest BCUT2D eigenvalue weighted by Gasteiger charge is -2.07. The quantitative estimate of drug-likeness (QED) is 0.858. The van der Waals surface area contributed by atoms with Gasteiger partial charge in [0.05, 0.1) is 16.9 Å². The summed E-state index contributed by atoms with van der Waals surface area (Å²) in [4.78, 5) is 20.4. The van der Waals surface area contributed by atoms with E-state index in [2.05, 4.69) is 15.3 Å². The van der Waals surface area contributed by atoms with Crippen molar-refractivity contribution >= 4 is 33.5 Å². The minimum absolute atomic E-state index is 0.434. The Morgan fingerprint density at radius 2 is 2.35 bits per heavy atom. The molecule has 1 amide bonds. The number of carbonyl (C=O) groups is 1. The van der Waals surface area contributed by atoms with E-state index >= 15 is 0 Å². The Morgan fingerprint density at radius 1 is 1.59 bits per heavy atom. The van der Waals surface area contributed by atoms with Crippen molar-refractivity contribution in [2.75, 3.05) is 5.32 Å². The lowest BCUT2D eigenvalue weighted by atomic mass is 10.1. The molecule has 0 spiro atoms. The van der Waals surface area contributed by atoms with Gasteiger partial charge in [-0.25, -0.2) is 14.8 Å². The molecule has 88 valence electrons. The van der Waals surface area contributed by atoms with Crippen molar-refractivity contribution in [3.63, 3.8) is 0 Å². The second-order valence-electron chi connectivity index (χ2n) is 4.18. The number of rotatable bonds is 2. The molecule has 17 heavy (non-hydrogen) atoms. The number of carboxylic acid groups (broad SMARTS) is 1. The van der Waals surface area contributed by atoms with E-state index < -0.39 is 6.09 Å². The monoisotopic (exact) mass is 249 g/mol. The highest BCUT2D eigenvalue weighted by Gasteiger charge is 2.30. The Hall–Kier alpha value is -1.69. The Kier molecular flexibility index (Phi) is 2.25. The van der Waals surface area contributed by atoms with Crippen LogP contribution in [0.1, 0.15) is 29.3 Å². The molecular formula is C11H11N3O2S. The summed E-state index contributed by atoms with van der Waals surface area (Å²) >= 11 is 1.54. The van der Waals surface area contributed by atoms with Gasteiger partial charge in [0.2, 0.25) is 0 Å². The van der Waals surface area contributed by atoms with E-state index in [0.717, 1.165) is 33.8 Å². The Balaban J connectivity index is 2.20. The zero-order chi connectivity index (χ0) is 12.0. The van der Waals surface area contributed by atoms with Crippen molar-refractivity contribution in [1.82, 2.24) is 9.97 Å². The summed E-state index contributed by atoms with van der Waals surface area (Å²) in [5.41, 5.74) is 2.46. The molecule has 0 atom stereocenters. The summed E-state index contributed by atoms with van der Waals surface area (Å²) in [6.07, 6.45) is 2.75. The first-order valence-corrected chi connectivity index (χ1v) is 6.23. The molecule has 0 bridgehead atoms. The van der Waals surface area contributed by atoms with Gasteiger partial charge < -0.3 is 5.11 Å². The van der Waals surface area contributed by atoms with Gasteiger partial charge in [0.15, 0.2) is 0 Å². The Morgan fingerprint density at radius 3 is 3.00 bits per heavy atom. The second-order valence-corrected chi connectivity index (χ2v) is 5.36. The standard InChI is InChI=1S/C11H11N3O2S/c1-5-13-9-8(6-2-3-6)7(14-11(15)16)4-12-10(9)17-5/h4,6,14H,2-3H2,1H3,(H,15,16). The highest BCUT2D eigenvalue weighted by Crippen LogP contribution is 2.46. The first-order valence-electron chi connectivity index (χ1n) is 5.41. The molecule has 1 fully saturated rings. The van der Waals surface area contributed by atoms with Gasteiger partial charge in [0, 0.05) is 5.56 Å². The van der Waals surface area contributed by atoms with Crippen molar-refractivity contribution in [2.45, 2.75) is 25.7 Å². The summed E-state index contributed by atoms with van der Waals surface area (Å²) in [6.45, 7) is 1.94. The number of anilines is 1. The first kappa shape index (κ1) is 10.5. The third kappa shape index (κ3) is 1.84. The van der Waals surface area contributed by atoms with Gasteiger partial charge >= 0.3 is 6.09 Å². The Bertz CT molecular complexity index is 604. The van der Waals surface area contributed by atoms with Crippen LogP contribution in [0.4, 0.5) is 10.5 Å². The molecule has 1 aliphatic carbocycles. The van der Waals surface area contributed by atoms with Crippen LogP contribution in [0.5, 0.6) is 0 Å². The molecule has 1 aliphatic rings. The fourth-order valence-corrected chi connectivity index (χ4v) is 2.77. The van der Waals surface area contributed by atoms with Crippen molar-refractivity contribution in [3.8, 4) is 0 Å². The fraction of sp³-hybridized carbons (Fsp3) is 0.364. The highest BCUT2D eigenvalue weighted by atomic mass is 32.1. The second kappa shape index (κ2) is 3.66. The Labute approximate surface area is 102 Å². The summed E-state index contributed by atoms with van der Waals surface area (Å²) in [5, 5.41) is 12.2. The molecular weight excluding hydrogens is 238 g/mol. The maximum Gasteiger partial charge on any atom is 0.409 e. The number of pyridine rings is 1. The molecule has 0 aromatic carbocycles. The average molecular weight is 249 g/mol. The van der Waals surface area contributed by atoms with Crippen LogP contribution >= 0.6 is 11.3 Å². The van der Waals surface area contributed by atoms with E-state index in [1.54, 1.807) is 17.5 Å². The molecule has 5 nitrogen and oxygen atoms in total. The van der Waals surface area contributed by atoms with Crippen LogP contribution in [-0.2, 0) is 0 Å². The summed E-state index contributed by atoms with van der Waals surface area (Å²) in [5.74, 6) is 0.434. The molecule has 0 unspecified atom stereocenters. The van der Waals surface area contributed by atoms with Crippen molar-refractivity contribution < 1.29 is 9.90 Å². The number of hydrogen-bond acceptors (Lipinski definition) is 4. The number of nitrogens with zero attached hydrogens (tertiary/aromatic N) is 2.